The van der Waals surface area contributed by atoms with Crippen molar-refractivity contribution in [1.29, 1.82) is 0 Å². The lowest BCUT2D eigenvalue weighted by atomic mass is 10.6. The van der Waals surface area contributed by atoms with Crippen LogP contribution in [0.5, 0.6) is 0 Å². The van der Waals surface area contributed by atoms with Gasteiger partial charge < -0.3 is 10.4 Å². The summed E-state index contributed by atoms with van der Waals surface area (Å²) < 4.78 is 0. The summed E-state index contributed by atoms with van der Waals surface area (Å²) in [5.41, 5.74) is 0. The summed E-state index contributed by atoms with van der Waals surface area (Å²) in [4.78, 5) is 0. The van der Waals surface area contributed by atoms with Crippen molar-refractivity contribution in [3.63, 3.8) is 0 Å². The van der Waals surface area contributed by atoms with E-state index < -0.39 is 0 Å². The van der Waals surface area contributed by atoms with Crippen molar-refractivity contribution in [2.24, 2.45) is 0 Å². The molecule has 6 heavy (non-hydrogen) atoms. The molecule has 0 bridgehead atoms. The third-order valence-electron chi connectivity index (χ3n) is 0.427. The van der Waals surface area contributed by atoms with Crippen molar-refractivity contribution in [2.45, 2.75) is 0 Å². The van der Waals surface area contributed by atoms with Crippen LogP contribution in [0.1, 0.15) is 0 Å². The van der Waals surface area contributed by atoms with E-state index in [1.165, 1.54) is 0 Å². The van der Waals surface area contributed by atoms with Crippen molar-refractivity contribution < 1.29 is 5.11 Å². The Kier molecular flexibility index (Phi) is 4.12. The van der Waals surface area contributed by atoms with Crippen molar-refractivity contribution in [3.05, 3.63) is 12.3 Å². The van der Waals surface area contributed by atoms with Gasteiger partial charge >= 0.3 is 0 Å². The molecule has 0 heterocycles. The minimum absolute atomic E-state index is 0.733. The SMILES string of the molecule is CNCC=CO. The van der Waals surface area contributed by atoms with Gasteiger partial charge in [0, 0.05) is 6.54 Å². The maximum absolute atomic E-state index is 7.98. The first-order chi connectivity index (χ1) is 2.91. The van der Waals surface area contributed by atoms with Crippen LogP contribution in [0.2, 0.25) is 0 Å². The average molecular weight is 87.1 g/mol. The van der Waals surface area contributed by atoms with Crippen molar-refractivity contribution in [1.82, 2.24) is 5.32 Å². The second-order valence-corrected chi connectivity index (χ2v) is 0.942. The van der Waals surface area contributed by atoms with E-state index in [1.54, 1.807) is 6.08 Å². The van der Waals surface area contributed by atoms with E-state index in [9.17, 15) is 0 Å². The molecule has 2 N–H and O–H groups in total. The van der Waals surface area contributed by atoms with Crippen LogP contribution in [0, 0.1) is 0 Å². The number of aliphatic hydroxyl groups excluding tert-OH is 1. The standard InChI is InChI=1S/C4H9NO/c1-5-3-2-4-6/h2,4-6H,3H2,1H3. The highest BCUT2D eigenvalue weighted by molar-refractivity contribution is 4.72. The Bertz CT molecular complexity index is 42.8. The summed E-state index contributed by atoms with van der Waals surface area (Å²) in [7, 11) is 1.82. The predicted molar refractivity (Wildman–Crippen MR) is 25.7 cm³/mol. The van der Waals surface area contributed by atoms with Crippen LogP contribution in [0.3, 0.4) is 0 Å². The molecule has 0 unspecified atom stereocenters. The zero-order valence-electron chi connectivity index (χ0n) is 3.81. The molecule has 0 amide bonds. The maximum atomic E-state index is 7.98. The molecule has 0 aromatic heterocycles. The molecule has 0 fully saturated rings. The largest absolute Gasteiger partial charge is 0.516 e. The number of aliphatic hydroxyl groups is 1. The summed E-state index contributed by atoms with van der Waals surface area (Å²) in [5.74, 6) is 0. The number of likely N-dealkylation sites (N-methyl/N-ethyl adjacent to an activating group) is 1. The first kappa shape index (κ1) is 5.50. The lowest BCUT2D eigenvalue weighted by Crippen LogP contribution is -2.03. The van der Waals surface area contributed by atoms with Crippen LogP contribution in [0.4, 0.5) is 0 Å². The quantitative estimate of drug-likeness (QED) is 0.474. The first-order valence-corrected chi connectivity index (χ1v) is 1.85. The number of rotatable bonds is 2. The molecule has 0 aliphatic carbocycles. The highest BCUT2D eigenvalue weighted by Gasteiger charge is 1.62. The van der Waals surface area contributed by atoms with Gasteiger partial charge in [0.25, 0.3) is 0 Å². The second-order valence-electron chi connectivity index (χ2n) is 0.942. The monoisotopic (exact) mass is 87.1 g/mol. The fraction of sp³-hybridized carbons (Fsp3) is 0.500. The molecule has 0 aliphatic rings. The molecule has 0 aliphatic heterocycles. The van der Waals surface area contributed by atoms with E-state index in [1.807, 2.05) is 7.05 Å². The molecule has 0 saturated heterocycles. The van der Waals surface area contributed by atoms with Gasteiger partial charge in [-0.1, -0.05) is 0 Å². The van der Waals surface area contributed by atoms with Gasteiger partial charge in [-0.15, -0.1) is 0 Å². The summed E-state index contributed by atoms with van der Waals surface area (Å²) in [5, 5.41) is 10.8. The van der Waals surface area contributed by atoms with Gasteiger partial charge in [-0.2, -0.15) is 0 Å². The lowest BCUT2D eigenvalue weighted by Gasteiger charge is -1.81. The Morgan fingerprint density at radius 1 is 1.83 bits per heavy atom. The van der Waals surface area contributed by atoms with Crippen molar-refractivity contribution in [2.75, 3.05) is 13.6 Å². The summed E-state index contributed by atoms with van der Waals surface area (Å²) in [6.45, 7) is 0.733. The Labute approximate surface area is 37.5 Å². The Morgan fingerprint density at radius 2 is 2.50 bits per heavy atom. The van der Waals surface area contributed by atoms with E-state index >= 15 is 0 Å². The van der Waals surface area contributed by atoms with E-state index in [0.29, 0.717) is 0 Å². The Hall–Kier alpha value is -0.500. The third kappa shape index (κ3) is 3.50. The predicted octanol–water partition coefficient (Wildman–Crippen LogP) is 0.278. The topological polar surface area (TPSA) is 32.3 Å². The molecule has 0 rings (SSSR count). The summed E-state index contributed by atoms with van der Waals surface area (Å²) >= 11 is 0. The zero-order chi connectivity index (χ0) is 4.83. The van der Waals surface area contributed by atoms with Crippen LogP contribution < -0.4 is 5.32 Å². The molecule has 0 saturated carbocycles. The molecule has 2 nitrogen and oxygen atoms in total. The molecule has 0 aromatic carbocycles. The van der Waals surface area contributed by atoms with Gasteiger partial charge in [0.1, 0.15) is 0 Å². The van der Waals surface area contributed by atoms with Gasteiger partial charge in [0.2, 0.25) is 0 Å². The second kappa shape index (κ2) is 4.50. The van der Waals surface area contributed by atoms with E-state index in [0.717, 1.165) is 12.8 Å². The minimum Gasteiger partial charge on any atom is -0.516 e. The highest BCUT2D eigenvalue weighted by atomic mass is 16.2. The zero-order valence-corrected chi connectivity index (χ0v) is 3.81. The minimum atomic E-state index is 0.733. The van der Waals surface area contributed by atoms with Crippen LogP contribution in [0.25, 0.3) is 0 Å². The van der Waals surface area contributed by atoms with Crippen molar-refractivity contribution in [3.8, 4) is 0 Å². The van der Waals surface area contributed by atoms with Crippen LogP contribution in [-0.2, 0) is 0 Å². The van der Waals surface area contributed by atoms with Gasteiger partial charge in [0.15, 0.2) is 0 Å². The molecule has 0 radical (unpaired) electrons. The number of nitrogens with one attached hydrogen (secondary N) is 1. The van der Waals surface area contributed by atoms with Crippen LogP contribution in [-0.4, -0.2) is 18.7 Å². The molecule has 2 heteroatoms. The van der Waals surface area contributed by atoms with E-state index in [2.05, 4.69) is 5.32 Å². The highest BCUT2D eigenvalue weighted by Crippen LogP contribution is 1.57. The van der Waals surface area contributed by atoms with Gasteiger partial charge in [0.05, 0.1) is 6.26 Å². The molecular weight excluding hydrogens is 78.0 g/mol. The summed E-state index contributed by atoms with van der Waals surface area (Å²) in [6, 6.07) is 0. The molecule has 36 valence electrons. The van der Waals surface area contributed by atoms with Gasteiger partial charge in [-0.25, -0.2) is 0 Å². The lowest BCUT2D eigenvalue weighted by molar-refractivity contribution is 0.471. The average Bonchev–Trinajstić information content (AvgIpc) is 1.61. The molecule has 0 spiro atoms. The normalized spacial score (nSPS) is 10.2. The fourth-order valence-electron chi connectivity index (χ4n) is 0.171. The Morgan fingerprint density at radius 3 is 2.67 bits per heavy atom. The smallest absolute Gasteiger partial charge is 0.0764 e. The Balaban J connectivity index is 2.66. The number of hydrogen-bond donors (Lipinski definition) is 2. The van der Waals surface area contributed by atoms with Gasteiger partial charge in [-0.05, 0) is 13.1 Å². The maximum Gasteiger partial charge on any atom is 0.0764 e. The van der Waals surface area contributed by atoms with Crippen LogP contribution in [0.15, 0.2) is 12.3 Å². The number of hydrogen-bond acceptors (Lipinski definition) is 2. The molecular formula is C4H9NO. The molecule has 0 aromatic rings. The third-order valence-corrected chi connectivity index (χ3v) is 0.427. The van der Waals surface area contributed by atoms with Crippen molar-refractivity contribution >= 4 is 0 Å². The first-order valence-electron chi connectivity index (χ1n) is 1.85. The summed E-state index contributed by atoms with van der Waals surface area (Å²) in [6.07, 6.45) is 2.65. The van der Waals surface area contributed by atoms with Gasteiger partial charge in [-0.3, -0.25) is 0 Å². The fourth-order valence-corrected chi connectivity index (χ4v) is 0.171. The van der Waals surface area contributed by atoms with E-state index in [4.69, 9.17) is 5.11 Å². The van der Waals surface area contributed by atoms with E-state index in [-0.39, 0.29) is 0 Å². The van der Waals surface area contributed by atoms with Crippen LogP contribution >= 0.6 is 0 Å². The molecule has 0 atom stereocenters.